The molecule has 1 aromatic rings. The molecule has 19 heavy (non-hydrogen) atoms. The maximum absolute atomic E-state index is 11.6. The molecule has 96 valence electrons. The number of esters is 1. The minimum Gasteiger partial charge on any atom is -0.867 e. The predicted octanol–water partition coefficient (Wildman–Crippen LogP) is -2.31. The molecule has 6 heteroatoms. The van der Waals surface area contributed by atoms with Crippen LogP contribution in [0.1, 0.15) is 17.3 Å². The van der Waals surface area contributed by atoms with E-state index in [0.717, 1.165) is 6.08 Å². The number of ether oxygens (including phenoxy) is 2. The molecule has 0 N–H and O–H groups in total. The summed E-state index contributed by atoms with van der Waals surface area (Å²) in [4.78, 5) is 22.7. The third kappa shape index (κ3) is 5.21. The Hall–Kier alpha value is -1.70. The van der Waals surface area contributed by atoms with E-state index >= 15 is 0 Å². The number of carbonyl (C=O) groups is 2. The zero-order chi connectivity index (χ0) is 13.5. The Labute approximate surface area is 123 Å². The molecule has 0 aliphatic heterocycles. The third-order valence-electron chi connectivity index (χ3n) is 2.11. The van der Waals surface area contributed by atoms with Gasteiger partial charge in [-0.25, -0.2) is 4.79 Å². The van der Waals surface area contributed by atoms with Gasteiger partial charge in [0.25, 0.3) is 0 Å². The molecule has 0 saturated heterocycles. The van der Waals surface area contributed by atoms with E-state index in [0.29, 0.717) is 11.3 Å². The van der Waals surface area contributed by atoms with Crippen LogP contribution in [0.3, 0.4) is 0 Å². The van der Waals surface area contributed by atoms with Crippen LogP contribution in [0.4, 0.5) is 0 Å². The normalized spacial score (nSPS) is 10.3. The molecule has 0 amide bonds. The van der Waals surface area contributed by atoms with Crippen LogP contribution in [0.25, 0.3) is 0 Å². The molecule has 0 radical (unpaired) electrons. The van der Waals surface area contributed by atoms with Crippen LogP contribution in [0.5, 0.6) is 5.75 Å². The van der Waals surface area contributed by atoms with Crippen LogP contribution in [-0.4, -0.2) is 25.5 Å². The van der Waals surface area contributed by atoms with Crippen molar-refractivity contribution in [3.63, 3.8) is 0 Å². The topological polar surface area (TPSA) is 75.7 Å². The Morgan fingerprint density at radius 2 is 1.84 bits per heavy atom. The number of carbonyl (C=O) groups excluding carboxylic acids is 2. The summed E-state index contributed by atoms with van der Waals surface area (Å²) in [6, 6.07) is 6.21. The predicted molar refractivity (Wildman–Crippen MR) is 62.0 cm³/mol. The molecule has 0 heterocycles. The average molecular weight is 256 g/mol. The van der Waals surface area contributed by atoms with Crippen molar-refractivity contribution >= 4 is 11.8 Å². The summed E-state index contributed by atoms with van der Waals surface area (Å²) < 4.78 is 9.42. The second-order valence-electron chi connectivity index (χ2n) is 3.32. The number of methoxy groups -OCH3 is 1. The maximum atomic E-state index is 11.6. The second kappa shape index (κ2) is 8.41. The van der Waals surface area contributed by atoms with Gasteiger partial charge in [-0.2, -0.15) is 0 Å². The first-order chi connectivity index (χ1) is 8.58. The minimum absolute atomic E-state index is 0. The first kappa shape index (κ1) is 17.3. The van der Waals surface area contributed by atoms with Gasteiger partial charge in [0.05, 0.1) is 13.7 Å². The molecule has 0 saturated carbocycles. The standard InChI is InChI=1S/C13H14O5.Li/c1-3-18-13(16)12(15)8-11(14)9-4-6-10(17-2)7-5-9;/h4-8,15H,3H2,1-2H3;/q;+1/p-1/b12-8-;. The molecule has 0 spiro atoms. The van der Waals surface area contributed by atoms with Gasteiger partial charge in [-0.1, -0.05) is 0 Å². The Bertz CT molecular complexity index is 464. The van der Waals surface area contributed by atoms with Crippen LogP contribution in [0.2, 0.25) is 0 Å². The Kier molecular flexibility index (Phi) is 7.65. The zero-order valence-electron chi connectivity index (χ0n) is 11.1. The second-order valence-corrected chi connectivity index (χ2v) is 3.32. The van der Waals surface area contributed by atoms with Crippen LogP contribution < -0.4 is 28.7 Å². The molecular weight excluding hydrogens is 243 g/mol. The molecule has 0 atom stereocenters. The van der Waals surface area contributed by atoms with E-state index in [1.54, 1.807) is 19.1 Å². The molecule has 5 nitrogen and oxygen atoms in total. The van der Waals surface area contributed by atoms with Crippen LogP contribution in [0, 0.1) is 0 Å². The number of allylic oxidation sites excluding steroid dienone is 1. The van der Waals surface area contributed by atoms with Gasteiger partial charge in [0.1, 0.15) is 5.75 Å². The Morgan fingerprint density at radius 1 is 1.26 bits per heavy atom. The van der Waals surface area contributed by atoms with E-state index in [1.165, 1.54) is 19.2 Å². The van der Waals surface area contributed by atoms with Crippen LogP contribution >= 0.6 is 0 Å². The van der Waals surface area contributed by atoms with Gasteiger partial charge < -0.3 is 14.6 Å². The number of ketones is 1. The summed E-state index contributed by atoms with van der Waals surface area (Å²) in [7, 11) is 1.51. The van der Waals surface area contributed by atoms with Gasteiger partial charge >= 0.3 is 24.8 Å². The molecule has 1 aromatic carbocycles. The summed E-state index contributed by atoms with van der Waals surface area (Å²) in [5.74, 6) is -1.93. The zero-order valence-corrected chi connectivity index (χ0v) is 11.1. The fourth-order valence-corrected chi connectivity index (χ4v) is 1.22. The van der Waals surface area contributed by atoms with E-state index in [1.807, 2.05) is 0 Å². The van der Waals surface area contributed by atoms with Gasteiger partial charge in [-0.15, -0.1) is 0 Å². The van der Waals surface area contributed by atoms with Crippen LogP contribution in [0.15, 0.2) is 36.1 Å². The van der Waals surface area contributed by atoms with Gasteiger partial charge in [-0.3, -0.25) is 4.79 Å². The third-order valence-corrected chi connectivity index (χ3v) is 2.11. The number of benzene rings is 1. The molecule has 1 rings (SSSR count). The van der Waals surface area contributed by atoms with Crippen molar-refractivity contribution in [2.75, 3.05) is 13.7 Å². The number of hydrogen-bond acceptors (Lipinski definition) is 5. The van der Waals surface area contributed by atoms with E-state index < -0.39 is 17.5 Å². The van der Waals surface area contributed by atoms with Crippen molar-refractivity contribution in [1.82, 2.24) is 0 Å². The van der Waals surface area contributed by atoms with E-state index in [-0.39, 0.29) is 25.5 Å². The molecule has 0 aromatic heterocycles. The summed E-state index contributed by atoms with van der Waals surface area (Å²) in [5.41, 5.74) is 0.299. The monoisotopic (exact) mass is 256 g/mol. The molecular formula is C13H13LiO5. The van der Waals surface area contributed by atoms with Crippen molar-refractivity contribution in [3.8, 4) is 5.75 Å². The van der Waals surface area contributed by atoms with E-state index in [9.17, 15) is 14.7 Å². The maximum Gasteiger partial charge on any atom is 1.00 e. The fraction of sp³-hybridized carbons (Fsp3) is 0.231. The molecule has 0 unspecified atom stereocenters. The van der Waals surface area contributed by atoms with Crippen molar-refractivity contribution in [2.45, 2.75) is 6.92 Å². The van der Waals surface area contributed by atoms with Crippen LogP contribution in [-0.2, 0) is 9.53 Å². The van der Waals surface area contributed by atoms with Crippen molar-refractivity contribution in [2.24, 2.45) is 0 Å². The van der Waals surface area contributed by atoms with Crippen molar-refractivity contribution in [1.29, 1.82) is 0 Å². The van der Waals surface area contributed by atoms with Gasteiger partial charge in [0, 0.05) is 5.56 Å². The summed E-state index contributed by atoms with van der Waals surface area (Å²) in [6.45, 7) is 1.67. The first-order valence-electron chi connectivity index (χ1n) is 5.32. The smallest absolute Gasteiger partial charge is 0.867 e. The van der Waals surface area contributed by atoms with Crippen molar-refractivity contribution < 1.29 is 43.0 Å². The molecule has 0 aliphatic carbocycles. The number of hydrogen-bond donors (Lipinski definition) is 0. The SMILES string of the molecule is CCOC(=O)/C([O-])=C/C(=O)c1ccc(OC)cc1.[Li+]. The molecule has 0 aliphatic rings. The van der Waals surface area contributed by atoms with Crippen molar-refractivity contribution in [3.05, 3.63) is 41.7 Å². The van der Waals surface area contributed by atoms with Gasteiger partial charge in [0.2, 0.25) is 0 Å². The minimum atomic E-state index is -1.03. The Balaban J connectivity index is 0.00000324. The summed E-state index contributed by atoms with van der Waals surface area (Å²) in [6.07, 6.45) is 0.722. The molecule has 0 fully saturated rings. The fourth-order valence-electron chi connectivity index (χ4n) is 1.22. The van der Waals surface area contributed by atoms with E-state index in [4.69, 9.17) is 4.74 Å². The summed E-state index contributed by atoms with van der Waals surface area (Å²) in [5, 5.41) is 11.3. The average Bonchev–Trinajstić information content (AvgIpc) is 2.39. The van der Waals surface area contributed by atoms with Gasteiger partial charge in [-0.05, 0) is 43.0 Å². The van der Waals surface area contributed by atoms with Gasteiger partial charge in [0.15, 0.2) is 5.78 Å². The first-order valence-corrected chi connectivity index (χ1v) is 5.32. The Morgan fingerprint density at radius 3 is 2.32 bits per heavy atom. The quantitative estimate of drug-likeness (QED) is 0.194. The largest absolute Gasteiger partial charge is 1.00 e. The van der Waals surface area contributed by atoms with E-state index in [2.05, 4.69) is 4.74 Å². The summed E-state index contributed by atoms with van der Waals surface area (Å²) >= 11 is 0. The number of rotatable bonds is 5. The molecule has 0 bridgehead atoms.